The molecular weight excluding hydrogens is 584 g/mol. The fraction of sp³-hybridized carbons (Fsp3) is 0.500. The third-order valence-electron chi connectivity index (χ3n) is 7.37. The first kappa shape index (κ1) is 33.6. The summed E-state index contributed by atoms with van der Waals surface area (Å²) in [7, 11) is 1.42. The first-order valence-electron chi connectivity index (χ1n) is 14.0. The molecule has 4 rings (SSSR count). The van der Waals surface area contributed by atoms with Crippen LogP contribution < -0.4 is 4.74 Å². The number of phenols is 2. The van der Waals surface area contributed by atoms with Gasteiger partial charge in [-0.2, -0.15) is 0 Å². The summed E-state index contributed by atoms with van der Waals surface area (Å²) in [6.07, 6.45) is -11.8. The van der Waals surface area contributed by atoms with Gasteiger partial charge in [-0.3, -0.25) is 0 Å². The quantitative estimate of drug-likeness (QED) is 0.125. The van der Waals surface area contributed by atoms with Crippen LogP contribution in [0, 0.1) is 0 Å². The molecule has 2 saturated heterocycles. The van der Waals surface area contributed by atoms with Crippen LogP contribution in [0.2, 0.25) is 0 Å². The van der Waals surface area contributed by atoms with Crippen LogP contribution >= 0.6 is 0 Å². The van der Waals surface area contributed by atoms with Crippen LogP contribution in [0.4, 0.5) is 0 Å². The Morgan fingerprint density at radius 2 is 1.64 bits per heavy atom. The second-order valence-corrected chi connectivity index (χ2v) is 10.5. The Morgan fingerprint density at radius 3 is 2.30 bits per heavy atom. The third-order valence-corrected chi connectivity index (χ3v) is 7.37. The van der Waals surface area contributed by atoms with Gasteiger partial charge in [-0.05, 0) is 54.8 Å². The molecule has 2 aromatic rings. The molecule has 14 heteroatoms. The van der Waals surface area contributed by atoms with Crippen molar-refractivity contribution in [1.29, 1.82) is 0 Å². The average Bonchev–Trinajstić information content (AvgIpc) is 3.01. The minimum atomic E-state index is -1.74. The summed E-state index contributed by atoms with van der Waals surface area (Å²) in [6, 6.07) is 10.8. The lowest BCUT2D eigenvalue weighted by atomic mass is 9.97. The summed E-state index contributed by atoms with van der Waals surface area (Å²) < 4.78 is 33.5. The first-order valence-corrected chi connectivity index (χ1v) is 14.0. The number of methoxy groups -OCH3 is 1. The fourth-order valence-corrected chi connectivity index (χ4v) is 4.86. The Hall–Kier alpha value is -3.31. The van der Waals surface area contributed by atoms with E-state index in [0.29, 0.717) is 16.9 Å². The second kappa shape index (κ2) is 15.1. The van der Waals surface area contributed by atoms with E-state index in [4.69, 9.17) is 28.4 Å². The van der Waals surface area contributed by atoms with Crippen LogP contribution in [0.25, 0.3) is 6.08 Å². The van der Waals surface area contributed by atoms with Gasteiger partial charge in [-0.1, -0.05) is 18.2 Å². The van der Waals surface area contributed by atoms with E-state index < -0.39 is 74.0 Å². The zero-order valence-electron chi connectivity index (χ0n) is 24.1. The lowest BCUT2D eigenvalue weighted by Gasteiger charge is -2.46. The zero-order valence-corrected chi connectivity index (χ0v) is 24.1. The summed E-state index contributed by atoms with van der Waals surface area (Å²) in [5.41, 5.74) is 1.26. The van der Waals surface area contributed by atoms with Gasteiger partial charge in [0.2, 0.25) is 0 Å². The van der Waals surface area contributed by atoms with Gasteiger partial charge in [0, 0.05) is 6.08 Å². The Labute approximate surface area is 253 Å². The first-order chi connectivity index (χ1) is 21.0. The van der Waals surface area contributed by atoms with Gasteiger partial charge < -0.3 is 64.2 Å². The zero-order chi connectivity index (χ0) is 32.0. The summed E-state index contributed by atoms with van der Waals surface area (Å²) in [6.45, 7) is 0.745. The Balaban J connectivity index is 1.51. The van der Waals surface area contributed by atoms with Crippen LogP contribution in [0.5, 0.6) is 17.2 Å². The molecule has 2 aliphatic heterocycles. The average molecular weight is 623 g/mol. The Morgan fingerprint density at radius 1 is 0.909 bits per heavy atom. The predicted octanol–water partition coefficient (Wildman–Crippen LogP) is -0.419. The molecular formula is C30H38O14. The van der Waals surface area contributed by atoms with Gasteiger partial charge >= 0.3 is 5.97 Å². The van der Waals surface area contributed by atoms with Gasteiger partial charge in [-0.25, -0.2) is 4.79 Å². The van der Waals surface area contributed by atoms with Crippen molar-refractivity contribution in [2.45, 2.75) is 74.8 Å². The molecule has 7 N–H and O–H groups in total. The highest BCUT2D eigenvalue weighted by Crippen LogP contribution is 2.32. The number of aliphatic hydroxyl groups is 5. The van der Waals surface area contributed by atoms with E-state index in [-0.39, 0.29) is 24.5 Å². The van der Waals surface area contributed by atoms with Crippen molar-refractivity contribution >= 4 is 12.0 Å². The molecule has 2 aromatic carbocycles. The molecule has 0 aromatic heterocycles. The highest BCUT2D eigenvalue weighted by molar-refractivity contribution is 5.87. The maximum absolute atomic E-state index is 12.8. The second-order valence-electron chi connectivity index (χ2n) is 10.5. The number of carbonyl (C=O) groups is 1. The molecule has 44 heavy (non-hydrogen) atoms. The molecule has 14 nitrogen and oxygen atoms in total. The molecule has 10 atom stereocenters. The standard InChI is InChI=1S/C30H38O14/c1-15-23(35)24(36)25(37)30(41-15)44-28-26(38)29(40-12-11-17-5-9-20(39-2)19(33)13-17)42-21(14-31)27(28)43-22(34)10-6-16-3-7-18(32)8-4-16/h3-10,13,15,21,23-33,35-38H,11-12,14H2,1-2H3/t15-,21+,23-,24+,25+,26+,27+,28+,29+,30-/m0/s1. The number of hydrogen-bond donors (Lipinski definition) is 7. The number of benzene rings is 2. The van der Waals surface area contributed by atoms with Gasteiger partial charge in [0.05, 0.1) is 26.4 Å². The minimum Gasteiger partial charge on any atom is -0.508 e. The summed E-state index contributed by atoms with van der Waals surface area (Å²) >= 11 is 0. The largest absolute Gasteiger partial charge is 0.508 e. The molecule has 0 spiro atoms. The van der Waals surface area contributed by atoms with Crippen molar-refractivity contribution in [3.63, 3.8) is 0 Å². The lowest BCUT2D eigenvalue weighted by Crippen LogP contribution is -2.65. The smallest absolute Gasteiger partial charge is 0.331 e. The van der Waals surface area contributed by atoms with E-state index in [1.165, 1.54) is 38.3 Å². The monoisotopic (exact) mass is 622 g/mol. The highest BCUT2D eigenvalue weighted by Gasteiger charge is 2.52. The van der Waals surface area contributed by atoms with E-state index in [2.05, 4.69) is 0 Å². The van der Waals surface area contributed by atoms with Crippen molar-refractivity contribution in [3.8, 4) is 17.2 Å². The van der Waals surface area contributed by atoms with Gasteiger partial charge in [0.25, 0.3) is 0 Å². The van der Waals surface area contributed by atoms with E-state index in [0.717, 1.165) is 6.08 Å². The van der Waals surface area contributed by atoms with Gasteiger partial charge in [0.1, 0.15) is 42.4 Å². The molecule has 0 unspecified atom stereocenters. The molecule has 242 valence electrons. The summed E-state index contributed by atoms with van der Waals surface area (Å²) in [5, 5.41) is 71.8. The Bertz CT molecular complexity index is 1250. The fourth-order valence-electron chi connectivity index (χ4n) is 4.86. The van der Waals surface area contributed by atoms with Gasteiger partial charge in [-0.15, -0.1) is 0 Å². The van der Waals surface area contributed by atoms with E-state index in [9.17, 15) is 40.5 Å². The third kappa shape index (κ3) is 8.04. The van der Waals surface area contributed by atoms with Crippen LogP contribution in [0.15, 0.2) is 48.5 Å². The van der Waals surface area contributed by atoms with E-state index >= 15 is 0 Å². The SMILES string of the molecule is COc1ccc(CCO[C@@H]2O[C@H](CO)[C@@H](OC(=O)C=Cc3ccc(O)cc3)[C@H](O[C@@H]3O[C@@H](C)[C@H](O)[C@@H](O)[C@H]3O)[C@H]2O)cc1O. The molecule has 0 aliphatic carbocycles. The molecule has 0 radical (unpaired) electrons. The molecule has 2 fully saturated rings. The lowest BCUT2D eigenvalue weighted by molar-refractivity contribution is -0.357. The molecule has 0 bridgehead atoms. The topological polar surface area (TPSA) is 214 Å². The summed E-state index contributed by atoms with van der Waals surface area (Å²) in [5.74, 6) is -0.617. The molecule has 2 aliphatic rings. The van der Waals surface area contributed by atoms with E-state index in [1.807, 2.05) is 0 Å². The van der Waals surface area contributed by atoms with Gasteiger partial charge in [0.15, 0.2) is 30.2 Å². The number of carbonyl (C=O) groups excluding carboxylic acids is 1. The van der Waals surface area contributed by atoms with Crippen molar-refractivity contribution in [3.05, 3.63) is 59.7 Å². The predicted molar refractivity (Wildman–Crippen MR) is 150 cm³/mol. The normalized spacial score (nSPS) is 32.4. The number of phenolic OH excluding ortho intramolecular Hbond substituents is 2. The van der Waals surface area contributed by atoms with Crippen molar-refractivity contribution in [2.24, 2.45) is 0 Å². The molecule has 0 amide bonds. The van der Waals surface area contributed by atoms with Crippen LogP contribution in [-0.2, 0) is 34.9 Å². The number of hydrogen-bond acceptors (Lipinski definition) is 14. The van der Waals surface area contributed by atoms with Crippen molar-refractivity contribution < 1.29 is 69.0 Å². The van der Waals surface area contributed by atoms with Crippen molar-refractivity contribution in [2.75, 3.05) is 20.3 Å². The number of rotatable bonds is 11. The molecule has 0 saturated carbocycles. The number of aromatic hydroxyl groups is 2. The van der Waals surface area contributed by atoms with Crippen LogP contribution in [0.3, 0.4) is 0 Å². The Kier molecular flexibility index (Phi) is 11.5. The van der Waals surface area contributed by atoms with Crippen LogP contribution in [-0.4, -0.2) is 123 Å². The number of ether oxygens (including phenoxy) is 6. The van der Waals surface area contributed by atoms with Crippen LogP contribution in [0.1, 0.15) is 18.1 Å². The van der Waals surface area contributed by atoms with E-state index in [1.54, 1.807) is 24.3 Å². The summed E-state index contributed by atoms with van der Waals surface area (Å²) in [4.78, 5) is 12.8. The maximum atomic E-state index is 12.8. The van der Waals surface area contributed by atoms with Crippen molar-refractivity contribution in [1.82, 2.24) is 0 Å². The minimum absolute atomic E-state index is 0.0112. The number of aliphatic hydroxyl groups excluding tert-OH is 5. The maximum Gasteiger partial charge on any atom is 0.331 e. The molecule has 2 heterocycles. The number of esters is 1. The highest BCUT2D eigenvalue weighted by atomic mass is 16.7.